The minimum absolute atomic E-state index is 0.380. The summed E-state index contributed by atoms with van der Waals surface area (Å²) in [4.78, 5) is 0. The highest BCUT2D eigenvalue weighted by atomic mass is 80.0. The second kappa shape index (κ2) is 11.2. The minimum atomic E-state index is -1.37. The van der Waals surface area contributed by atoms with Crippen LogP contribution < -0.4 is 0 Å². The maximum atomic E-state index is 5.89. The number of halogens is 9. The quantitative estimate of drug-likeness (QED) is 0.121. The lowest BCUT2D eigenvalue weighted by Crippen LogP contribution is -2.53. The summed E-state index contributed by atoms with van der Waals surface area (Å²) in [5.41, 5.74) is 0. The molecule has 0 spiro atoms. The lowest BCUT2D eigenvalue weighted by atomic mass is 10.1. The normalized spacial score (nSPS) is 15.0. The van der Waals surface area contributed by atoms with E-state index < -0.39 is 16.9 Å². The van der Waals surface area contributed by atoms with E-state index in [0.29, 0.717) is 0 Å². The van der Waals surface area contributed by atoms with E-state index in [2.05, 4.69) is 163 Å². The van der Waals surface area contributed by atoms with E-state index in [-0.39, 0.29) is 3.23 Å². The lowest BCUT2D eigenvalue weighted by molar-refractivity contribution is 0.298. The van der Waals surface area contributed by atoms with E-state index in [0.717, 1.165) is 25.9 Å². The van der Waals surface area contributed by atoms with Gasteiger partial charge in [-0.2, -0.15) is 0 Å². The van der Waals surface area contributed by atoms with Crippen LogP contribution in [0.5, 0.6) is 0 Å². The van der Waals surface area contributed by atoms with Crippen molar-refractivity contribution in [2.45, 2.75) is 63.6 Å². The van der Waals surface area contributed by atoms with Gasteiger partial charge in [0.05, 0.1) is 0 Å². The molecule has 0 fully saturated rings. The Balaban J connectivity index is 4.44. The second-order valence-corrected chi connectivity index (χ2v) is 28.4. The van der Waals surface area contributed by atoms with Crippen molar-refractivity contribution in [3.63, 3.8) is 0 Å². The van der Waals surface area contributed by atoms with E-state index in [1.165, 1.54) is 12.8 Å². The van der Waals surface area contributed by atoms with E-state index in [9.17, 15) is 0 Å². The van der Waals surface area contributed by atoms with Crippen LogP contribution in [0.4, 0.5) is 0 Å². The molecule has 0 rings (SSSR count). The molecule has 0 aliphatic heterocycles. The molecule has 0 bridgehead atoms. The van der Waals surface area contributed by atoms with Gasteiger partial charge in [-0.25, -0.2) is 0 Å². The van der Waals surface area contributed by atoms with Crippen LogP contribution in [0.25, 0.3) is 0 Å². The summed E-state index contributed by atoms with van der Waals surface area (Å²) in [5, 5.41) is 0. The van der Waals surface area contributed by atoms with Gasteiger partial charge in [0.25, 0.3) is 0 Å². The average Bonchev–Trinajstić information content (AvgIpc) is 2.34. The molecule has 0 aromatic rings. The first-order chi connectivity index (χ1) is 10.5. The van der Waals surface area contributed by atoms with Gasteiger partial charge in [-0.15, -0.1) is 0 Å². The molecule has 0 N–H and O–H groups in total. The van der Waals surface area contributed by atoms with Crippen molar-refractivity contribution in [1.29, 1.82) is 0 Å². The third-order valence-corrected chi connectivity index (χ3v) is 20.3. The van der Waals surface area contributed by atoms with Crippen LogP contribution in [0.1, 0.15) is 32.1 Å². The minimum Gasteiger partial charge on any atom is -0.418 e. The molecule has 0 saturated heterocycles. The summed E-state index contributed by atoms with van der Waals surface area (Å²) < 4.78 is 3.78. The van der Waals surface area contributed by atoms with Crippen LogP contribution in [0.2, 0.25) is 19.6 Å². The molecular weight excluding hydrogens is 919 g/mol. The number of hydrogen-bond donors (Lipinski definition) is 0. The molecule has 0 unspecified atom stereocenters. The SMILES string of the molecule is C[Si](C)(C)OCCCCCCC(Br)(Br)C(Br)(Br)C(Br)(Br)C(Br)(Br)Br. The van der Waals surface area contributed by atoms with E-state index in [1.54, 1.807) is 0 Å². The summed E-state index contributed by atoms with van der Waals surface area (Å²) in [6.45, 7) is 7.57. The van der Waals surface area contributed by atoms with Crippen molar-refractivity contribution in [2.75, 3.05) is 6.61 Å². The summed E-state index contributed by atoms with van der Waals surface area (Å²) in [5.74, 6) is 0. The fourth-order valence-electron chi connectivity index (χ4n) is 1.75. The predicted molar refractivity (Wildman–Crippen MR) is 144 cm³/mol. The summed E-state index contributed by atoms with van der Waals surface area (Å²) in [6, 6.07) is 0. The fourth-order valence-corrected chi connectivity index (χ4v) is 8.88. The smallest absolute Gasteiger partial charge is 0.183 e. The number of unbranched alkanes of at least 4 members (excludes halogenated alkanes) is 3. The first kappa shape index (κ1) is 28.5. The highest BCUT2D eigenvalue weighted by Gasteiger charge is 2.64. The second-order valence-electron chi connectivity index (χ2n) is 6.48. The standard InChI is InChI=1S/C13H21Br9OSi/c1-24(2,3)23-9-7-5-4-6-8-10(14,15)11(16,17)12(18,19)13(20,21)22/h4-9H2,1-3H3. The first-order valence-corrected chi connectivity index (χ1v) is 17.8. The van der Waals surface area contributed by atoms with Crippen LogP contribution >= 0.6 is 143 Å². The van der Waals surface area contributed by atoms with Gasteiger partial charge in [-0.05, 0) is 32.5 Å². The molecule has 146 valence electrons. The topological polar surface area (TPSA) is 9.23 Å². The van der Waals surface area contributed by atoms with Gasteiger partial charge in [-0.3, -0.25) is 0 Å². The van der Waals surface area contributed by atoms with Crippen molar-refractivity contribution in [2.24, 2.45) is 0 Å². The van der Waals surface area contributed by atoms with Gasteiger partial charge in [0, 0.05) is 6.61 Å². The summed E-state index contributed by atoms with van der Waals surface area (Å²) >= 11 is 33.5. The highest BCUT2D eigenvalue weighted by Crippen LogP contribution is 2.69. The summed E-state index contributed by atoms with van der Waals surface area (Å²) in [6.07, 6.45) is 5.51. The Morgan fingerprint density at radius 2 is 1.12 bits per heavy atom. The summed E-state index contributed by atoms with van der Waals surface area (Å²) in [7, 11) is -1.37. The third-order valence-electron chi connectivity index (χ3n) is 3.13. The zero-order chi connectivity index (χ0) is 19.4. The lowest BCUT2D eigenvalue weighted by Gasteiger charge is -2.47. The van der Waals surface area contributed by atoms with Crippen molar-refractivity contribution in [3.05, 3.63) is 0 Å². The Kier molecular flexibility index (Phi) is 13.3. The molecule has 1 nitrogen and oxygen atoms in total. The van der Waals surface area contributed by atoms with Gasteiger partial charge in [-0.1, -0.05) is 163 Å². The molecule has 0 aliphatic carbocycles. The number of alkyl halides is 9. The van der Waals surface area contributed by atoms with E-state index in [4.69, 9.17) is 4.43 Å². The Bertz CT molecular complexity index is 388. The maximum absolute atomic E-state index is 5.89. The van der Waals surface area contributed by atoms with Gasteiger partial charge in [0.15, 0.2) is 10.5 Å². The Labute approximate surface area is 223 Å². The largest absolute Gasteiger partial charge is 0.418 e. The molecule has 0 atom stereocenters. The van der Waals surface area contributed by atoms with E-state index >= 15 is 0 Å². The molecule has 0 saturated carbocycles. The molecule has 0 radical (unpaired) electrons. The predicted octanol–water partition coefficient (Wildman–Crippen LogP) is 10.1. The zero-order valence-electron chi connectivity index (χ0n) is 13.6. The highest BCUT2D eigenvalue weighted by molar-refractivity contribution is 9.42. The molecule has 0 aromatic carbocycles. The van der Waals surface area contributed by atoms with Crippen LogP contribution in [0, 0.1) is 0 Å². The van der Waals surface area contributed by atoms with Crippen LogP contribution in [-0.4, -0.2) is 26.8 Å². The average molecular weight is 941 g/mol. The van der Waals surface area contributed by atoms with Crippen molar-refractivity contribution in [3.8, 4) is 0 Å². The molecule has 11 heteroatoms. The monoisotopic (exact) mass is 931 g/mol. The Morgan fingerprint density at radius 3 is 1.54 bits per heavy atom. The first-order valence-electron chi connectivity index (χ1n) is 7.30. The number of hydrogen-bond acceptors (Lipinski definition) is 1. The number of rotatable bonds is 10. The van der Waals surface area contributed by atoms with Crippen molar-refractivity contribution >= 4 is 152 Å². The maximum Gasteiger partial charge on any atom is 0.183 e. The van der Waals surface area contributed by atoms with Gasteiger partial charge in [0.1, 0.15) is 9.70 Å². The molecule has 0 aliphatic rings. The van der Waals surface area contributed by atoms with Crippen molar-refractivity contribution < 1.29 is 4.43 Å². The van der Waals surface area contributed by atoms with Crippen LogP contribution in [0.3, 0.4) is 0 Å². The van der Waals surface area contributed by atoms with Gasteiger partial charge < -0.3 is 4.43 Å². The van der Waals surface area contributed by atoms with Gasteiger partial charge >= 0.3 is 0 Å². The fraction of sp³-hybridized carbons (Fsp3) is 1.00. The molecule has 0 aromatic heterocycles. The van der Waals surface area contributed by atoms with Crippen molar-refractivity contribution in [1.82, 2.24) is 0 Å². The van der Waals surface area contributed by atoms with Crippen LogP contribution in [0.15, 0.2) is 0 Å². The molecular formula is C13H21Br9OSi. The third kappa shape index (κ3) is 9.10. The van der Waals surface area contributed by atoms with E-state index in [1.807, 2.05) is 0 Å². The Morgan fingerprint density at radius 1 is 0.667 bits per heavy atom. The molecule has 0 amide bonds. The van der Waals surface area contributed by atoms with Crippen LogP contribution in [-0.2, 0) is 4.43 Å². The van der Waals surface area contributed by atoms with Gasteiger partial charge in [0.2, 0.25) is 0 Å². The zero-order valence-corrected chi connectivity index (χ0v) is 28.8. The molecule has 24 heavy (non-hydrogen) atoms. The molecule has 0 heterocycles. The Hall–Kier alpha value is 4.50.